The van der Waals surface area contributed by atoms with Crippen LogP contribution in [0.5, 0.6) is 0 Å². The summed E-state index contributed by atoms with van der Waals surface area (Å²) >= 11 is 0. The van der Waals surface area contributed by atoms with Crippen LogP contribution in [-0.2, 0) is 4.74 Å². The van der Waals surface area contributed by atoms with E-state index in [0.29, 0.717) is 18.7 Å². The van der Waals surface area contributed by atoms with Crippen molar-refractivity contribution in [3.05, 3.63) is 29.6 Å². The van der Waals surface area contributed by atoms with Crippen LogP contribution in [0, 0.1) is 5.82 Å². The number of fused-ring (bicyclic) bond motifs is 1. The highest BCUT2D eigenvalue weighted by atomic mass is 19.1. The molecule has 1 amide bonds. The van der Waals surface area contributed by atoms with E-state index in [0.717, 1.165) is 25.7 Å². The quantitative estimate of drug-likeness (QED) is 0.801. The highest BCUT2D eigenvalue weighted by Crippen LogP contribution is 2.29. The molecular formula is C15H19FN2O2. The molecule has 2 aliphatic rings. The van der Waals surface area contributed by atoms with Gasteiger partial charge in [-0.25, -0.2) is 4.39 Å². The van der Waals surface area contributed by atoms with Gasteiger partial charge < -0.3 is 15.4 Å². The van der Waals surface area contributed by atoms with Gasteiger partial charge in [-0.1, -0.05) is 12.8 Å². The molecule has 0 aromatic heterocycles. The molecule has 4 nitrogen and oxygen atoms in total. The summed E-state index contributed by atoms with van der Waals surface area (Å²) < 4.78 is 19.2. The number of halogens is 1. The van der Waals surface area contributed by atoms with Crippen molar-refractivity contribution in [1.29, 1.82) is 0 Å². The van der Waals surface area contributed by atoms with E-state index in [9.17, 15) is 9.18 Å². The maximum atomic E-state index is 13.4. The number of carbonyl (C=O) groups excluding carboxylic acids is 1. The maximum Gasteiger partial charge on any atom is 0.254 e. The Balaban J connectivity index is 1.84. The minimum Gasteiger partial charge on any atom is -0.399 e. The zero-order valence-electron chi connectivity index (χ0n) is 11.3. The Morgan fingerprint density at radius 2 is 2.10 bits per heavy atom. The van der Waals surface area contributed by atoms with Gasteiger partial charge in [0.1, 0.15) is 5.82 Å². The SMILES string of the molecule is Nc1cc(F)cc(C(=O)N2CCOC3CCCCC32)c1. The predicted molar refractivity (Wildman–Crippen MR) is 73.8 cm³/mol. The second kappa shape index (κ2) is 5.40. The zero-order valence-corrected chi connectivity index (χ0v) is 11.3. The molecule has 1 saturated carbocycles. The third kappa shape index (κ3) is 2.50. The minimum atomic E-state index is -0.471. The van der Waals surface area contributed by atoms with Gasteiger partial charge in [-0.3, -0.25) is 4.79 Å². The number of hydrogen-bond donors (Lipinski definition) is 1. The number of carbonyl (C=O) groups is 1. The van der Waals surface area contributed by atoms with Crippen molar-refractivity contribution in [2.75, 3.05) is 18.9 Å². The smallest absolute Gasteiger partial charge is 0.254 e. The maximum absolute atomic E-state index is 13.4. The van der Waals surface area contributed by atoms with Crippen LogP contribution in [0.1, 0.15) is 36.0 Å². The number of hydrogen-bond acceptors (Lipinski definition) is 3. The summed E-state index contributed by atoms with van der Waals surface area (Å²) in [5.74, 6) is -0.613. The highest BCUT2D eigenvalue weighted by Gasteiger charge is 2.37. The fourth-order valence-corrected chi connectivity index (χ4v) is 3.25. The molecule has 20 heavy (non-hydrogen) atoms. The number of morpholine rings is 1. The summed E-state index contributed by atoms with van der Waals surface area (Å²) in [6, 6.07) is 4.14. The van der Waals surface area contributed by atoms with Gasteiger partial charge in [-0.05, 0) is 31.0 Å². The van der Waals surface area contributed by atoms with Crippen LogP contribution in [0.2, 0.25) is 0 Å². The number of ether oxygens (including phenoxy) is 1. The lowest BCUT2D eigenvalue weighted by molar-refractivity contribution is -0.0752. The van der Waals surface area contributed by atoms with E-state index in [1.54, 1.807) is 6.07 Å². The Morgan fingerprint density at radius 1 is 1.30 bits per heavy atom. The molecule has 1 saturated heterocycles. The third-order valence-corrected chi connectivity index (χ3v) is 4.16. The molecule has 0 radical (unpaired) electrons. The molecular weight excluding hydrogens is 259 g/mol. The van der Waals surface area contributed by atoms with Gasteiger partial charge in [-0.15, -0.1) is 0 Å². The van der Waals surface area contributed by atoms with Crippen molar-refractivity contribution in [3.8, 4) is 0 Å². The normalized spacial score (nSPS) is 26.1. The summed E-state index contributed by atoms with van der Waals surface area (Å²) in [5, 5.41) is 0. The molecule has 2 atom stereocenters. The van der Waals surface area contributed by atoms with Gasteiger partial charge in [0.25, 0.3) is 5.91 Å². The Hall–Kier alpha value is -1.62. The molecule has 1 aliphatic heterocycles. The second-order valence-electron chi connectivity index (χ2n) is 5.53. The molecule has 1 aliphatic carbocycles. The first-order chi connectivity index (χ1) is 9.65. The van der Waals surface area contributed by atoms with E-state index < -0.39 is 5.82 Å². The van der Waals surface area contributed by atoms with Gasteiger partial charge >= 0.3 is 0 Å². The molecule has 1 aromatic rings. The first-order valence-corrected chi connectivity index (χ1v) is 7.14. The molecule has 2 fully saturated rings. The standard InChI is InChI=1S/C15H19FN2O2/c16-11-7-10(8-12(17)9-11)15(19)18-5-6-20-14-4-2-1-3-13(14)18/h7-9,13-14H,1-6,17H2. The van der Waals surface area contributed by atoms with Crippen LogP contribution in [0.25, 0.3) is 0 Å². The third-order valence-electron chi connectivity index (χ3n) is 4.16. The van der Waals surface area contributed by atoms with Gasteiger partial charge in [0, 0.05) is 17.8 Å². The van der Waals surface area contributed by atoms with E-state index in [-0.39, 0.29) is 23.7 Å². The van der Waals surface area contributed by atoms with Crippen molar-refractivity contribution in [3.63, 3.8) is 0 Å². The largest absolute Gasteiger partial charge is 0.399 e. The number of rotatable bonds is 1. The number of benzene rings is 1. The lowest BCUT2D eigenvalue weighted by Gasteiger charge is -2.43. The summed E-state index contributed by atoms with van der Waals surface area (Å²) in [5.41, 5.74) is 6.23. The molecule has 2 N–H and O–H groups in total. The van der Waals surface area contributed by atoms with Crippen LogP contribution in [-0.4, -0.2) is 36.1 Å². The molecule has 2 unspecified atom stereocenters. The number of anilines is 1. The van der Waals surface area contributed by atoms with E-state index in [2.05, 4.69) is 0 Å². The fraction of sp³-hybridized carbons (Fsp3) is 0.533. The van der Waals surface area contributed by atoms with Crippen molar-refractivity contribution < 1.29 is 13.9 Å². The van der Waals surface area contributed by atoms with E-state index in [1.807, 2.05) is 4.90 Å². The number of nitrogens with two attached hydrogens (primary N) is 1. The lowest BCUT2D eigenvalue weighted by Crippen LogP contribution is -2.54. The number of nitrogens with zero attached hydrogens (tertiary/aromatic N) is 1. The molecule has 1 heterocycles. The average molecular weight is 278 g/mol. The monoisotopic (exact) mass is 278 g/mol. The Kier molecular flexibility index (Phi) is 3.61. The predicted octanol–water partition coefficient (Wildman–Crippen LogP) is 2.19. The van der Waals surface area contributed by atoms with Crippen LogP contribution in [0.3, 0.4) is 0 Å². The Bertz CT molecular complexity index is 498. The van der Waals surface area contributed by atoms with Crippen molar-refractivity contribution >= 4 is 11.6 Å². The summed E-state index contributed by atoms with van der Waals surface area (Å²) in [6.07, 6.45) is 4.35. The highest BCUT2D eigenvalue weighted by molar-refractivity contribution is 5.95. The van der Waals surface area contributed by atoms with Gasteiger partial charge in [0.05, 0.1) is 18.8 Å². The zero-order chi connectivity index (χ0) is 14.1. The van der Waals surface area contributed by atoms with Crippen molar-refractivity contribution in [1.82, 2.24) is 4.90 Å². The van der Waals surface area contributed by atoms with E-state index in [1.165, 1.54) is 12.1 Å². The minimum absolute atomic E-state index is 0.120. The summed E-state index contributed by atoms with van der Waals surface area (Å²) in [7, 11) is 0. The topological polar surface area (TPSA) is 55.6 Å². The van der Waals surface area contributed by atoms with Gasteiger partial charge in [-0.2, -0.15) is 0 Å². The van der Waals surface area contributed by atoms with Crippen molar-refractivity contribution in [2.24, 2.45) is 0 Å². The van der Waals surface area contributed by atoms with Crippen LogP contribution in [0.4, 0.5) is 10.1 Å². The van der Waals surface area contributed by atoms with Gasteiger partial charge in [0.2, 0.25) is 0 Å². The number of nitrogen functional groups attached to an aromatic ring is 1. The number of amides is 1. The summed E-state index contributed by atoms with van der Waals surface area (Å²) in [6.45, 7) is 1.12. The Labute approximate surface area is 117 Å². The Morgan fingerprint density at radius 3 is 2.90 bits per heavy atom. The first-order valence-electron chi connectivity index (χ1n) is 7.14. The van der Waals surface area contributed by atoms with E-state index in [4.69, 9.17) is 10.5 Å². The average Bonchev–Trinajstić information content (AvgIpc) is 2.45. The molecule has 0 bridgehead atoms. The molecule has 3 rings (SSSR count). The van der Waals surface area contributed by atoms with Crippen LogP contribution < -0.4 is 5.73 Å². The second-order valence-corrected chi connectivity index (χ2v) is 5.53. The fourth-order valence-electron chi connectivity index (χ4n) is 3.25. The molecule has 108 valence electrons. The lowest BCUT2D eigenvalue weighted by atomic mass is 9.89. The van der Waals surface area contributed by atoms with E-state index >= 15 is 0 Å². The van der Waals surface area contributed by atoms with Crippen molar-refractivity contribution in [2.45, 2.75) is 37.8 Å². The van der Waals surface area contributed by atoms with Gasteiger partial charge in [0.15, 0.2) is 0 Å². The first kappa shape index (κ1) is 13.4. The van der Waals surface area contributed by atoms with Crippen LogP contribution >= 0.6 is 0 Å². The molecule has 0 spiro atoms. The van der Waals surface area contributed by atoms with Crippen LogP contribution in [0.15, 0.2) is 18.2 Å². The molecule has 1 aromatic carbocycles. The molecule has 5 heteroatoms. The summed E-state index contributed by atoms with van der Waals surface area (Å²) in [4.78, 5) is 14.4.